The molecule has 0 spiro atoms. The van der Waals surface area contributed by atoms with Crippen LogP contribution in [0.15, 0.2) is 24.5 Å². The van der Waals surface area contributed by atoms with Gasteiger partial charge in [0.1, 0.15) is 11.9 Å². The first-order valence-corrected chi connectivity index (χ1v) is 5.06. The smallest absolute Gasteiger partial charge is 0.244 e. The Bertz CT molecular complexity index is 524. The highest BCUT2D eigenvalue weighted by molar-refractivity contribution is 5.94. The van der Waals surface area contributed by atoms with Crippen molar-refractivity contribution in [2.75, 3.05) is 19.0 Å². The van der Waals surface area contributed by atoms with E-state index in [2.05, 4.69) is 15.4 Å². The van der Waals surface area contributed by atoms with Crippen molar-refractivity contribution in [3.63, 3.8) is 0 Å². The Morgan fingerprint density at radius 1 is 1.59 bits per heavy atom. The highest BCUT2D eigenvalue weighted by Crippen LogP contribution is 2.08. The molecule has 0 fully saturated rings. The molecular formula is C10H13N5O2. The standard InChI is InChI=1S/C10H13N5O2/c1-17-6-7(11)10(16)14-9-2-4-12-8-3-5-13-15(8)9/h2-5,7H,6,11H2,1H3,(H,14,16). The third kappa shape index (κ3) is 2.40. The number of fused-ring (bicyclic) bond motifs is 1. The second kappa shape index (κ2) is 4.89. The zero-order chi connectivity index (χ0) is 12.3. The van der Waals surface area contributed by atoms with Crippen molar-refractivity contribution in [1.29, 1.82) is 0 Å². The summed E-state index contributed by atoms with van der Waals surface area (Å²) in [6.45, 7) is 0.166. The number of hydrogen-bond acceptors (Lipinski definition) is 5. The highest BCUT2D eigenvalue weighted by Gasteiger charge is 2.14. The molecule has 0 aliphatic rings. The summed E-state index contributed by atoms with van der Waals surface area (Å²) < 4.78 is 6.34. The van der Waals surface area contributed by atoms with Crippen molar-refractivity contribution >= 4 is 17.4 Å². The number of carbonyl (C=O) groups excluding carboxylic acids is 1. The maximum Gasteiger partial charge on any atom is 0.244 e. The second-order valence-corrected chi connectivity index (χ2v) is 3.48. The Hall–Kier alpha value is -1.99. The fourth-order valence-corrected chi connectivity index (χ4v) is 1.40. The first-order chi connectivity index (χ1) is 8.22. The lowest BCUT2D eigenvalue weighted by molar-refractivity contribution is -0.118. The number of aromatic nitrogens is 3. The van der Waals surface area contributed by atoms with Gasteiger partial charge < -0.3 is 15.8 Å². The quantitative estimate of drug-likeness (QED) is 0.754. The maximum atomic E-state index is 11.7. The highest BCUT2D eigenvalue weighted by atomic mass is 16.5. The number of methoxy groups -OCH3 is 1. The number of carbonyl (C=O) groups is 1. The lowest BCUT2D eigenvalue weighted by atomic mass is 10.3. The maximum absolute atomic E-state index is 11.7. The number of anilines is 1. The van der Waals surface area contributed by atoms with Gasteiger partial charge in [-0.15, -0.1) is 0 Å². The van der Waals surface area contributed by atoms with Crippen molar-refractivity contribution in [3.05, 3.63) is 24.5 Å². The van der Waals surface area contributed by atoms with E-state index in [4.69, 9.17) is 10.5 Å². The third-order valence-electron chi connectivity index (χ3n) is 2.22. The van der Waals surface area contributed by atoms with Crippen LogP contribution in [-0.2, 0) is 9.53 Å². The summed E-state index contributed by atoms with van der Waals surface area (Å²) in [6, 6.07) is 2.68. The van der Waals surface area contributed by atoms with Crippen LogP contribution in [0.5, 0.6) is 0 Å². The second-order valence-electron chi connectivity index (χ2n) is 3.48. The Morgan fingerprint density at radius 2 is 2.41 bits per heavy atom. The summed E-state index contributed by atoms with van der Waals surface area (Å²) in [4.78, 5) is 15.8. The average Bonchev–Trinajstić information content (AvgIpc) is 2.78. The third-order valence-corrected chi connectivity index (χ3v) is 2.22. The average molecular weight is 235 g/mol. The van der Waals surface area contributed by atoms with Crippen molar-refractivity contribution in [3.8, 4) is 0 Å². The molecule has 1 unspecified atom stereocenters. The molecule has 90 valence electrons. The van der Waals surface area contributed by atoms with Gasteiger partial charge in [-0.3, -0.25) is 4.79 Å². The first-order valence-electron chi connectivity index (χ1n) is 5.06. The Labute approximate surface area is 97.6 Å². The van der Waals surface area contributed by atoms with Gasteiger partial charge in [-0.2, -0.15) is 9.61 Å². The minimum absolute atomic E-state index is 0.166. The van der Waals surface area contributed by atoms with Crippen LogP contribution in [0.1, 0.15) is 0 Å². The zero-order valence-corrected chi connectivity index (χ0v) is 9.33. The van der Waals surface area contributed by atoms with Crippen molar-refractivity contribution < 1.29 is 9.53 Å². The SMILES string of the molecule is COCC(N)C(=O)Nc1ccnc2ccnn12. The van der Waals surface area contributed by atoms with E-state index in [1.807, 2.05) is 0 Å². The summed E-state index contributed by atoms with van der Waals surface area (Å²) in [5.41, 5.74) is 6.27. The molecule has 0 bridgehead atoms. The first kappa shape index (κ1) is 11.5. The molecule has 0 saturated carbocycles. The van der Waals surface area contributed by atoms with Crippen molar-refractivity contribution in [1.82, 2.24) is 14.6 Å². The molecule has 0 aliphatic heterocycles. The Kier molecular flexibility index (Phi) is 3.31. The van der Waals surface area contributed by atoms with Crippen LogP contribution in [0.25, 0.3) is 5.65 Å². The lowest BCUT2D eigenvalue weighted by Gasteiger charge is -2.11. The van der Waals surface area contributed by atoms with E-state index in [-0.39, 0.29) is 12.5 Å². The van der Waals surface area contributed by atoms with Crippen LogP contribution in [0.4, 0.5) is 5.82 Å². The number of ether oxygens (including phenoxy) is 1. The summed E-state index contributed by atoms with van der Waals surface area (Å²) >= 11 is 0. The number of rotatable bonds is 4. The molecule has 17 heavy (non-hydrogen) atoms. The molecule has 1 atom stereocenters. The molecule has 7 heteroatoms. The van der Waals surface area contributed by atoms with Gasteiger partial charge in [-0.25, -0.2) is 4.98 Å². The topological polar surface area (TPSA) is 94.5 Å². The number of nitrogens with two attached hydrogens (primary N) is 1. The molecule has 7 nitrogen and oxygen atoms in total. The van der Waals surface area contributed by atoms with Crippen LogP contribution in [0.3, 0.4) is 0 Å². The Morgan fingerprint density at radius 3 is 3.18 bits per heavy atom. The summed E-state index contributed by atoms with van der Waals surface area (Å²) in [7, 11) is 1.49. The van der Waals surface area contributed by atoms with Gasteiger partial charge in [-0.05, 0) is 6.07 Å². The van der Waals surface area contributed by atoms with E-state index >= 15 is 0 Å². The van der Waals surface area contributed by atoms with Crippen molar-refractivity contribution in [2.45, 2.75) is 6.04 Å². The van der Waals surface area contributed by atoms with Crippen LogP contribution in [-0.4, -0.2) is 40.3 Å². The molecule has 0 aromatic carbocycles. The van der Waals surface area contributed by atoms with Crippen LogP contribution in [0, 0.1) is 0 Å². The number of nitrogens with zero attached hydrogens (tertiary/aromatic N) is 3. The van der Waals surface area contributed by atoms with Crippen LogP contribution >= 0.6 is 0 Å². The van der Waals surface area contributed by atoms with Gasteiger partial charge in [0.25, 0.3) is 0 Å². The summed E-state index contributed by atoms with van der Waals surface area (Å²) in [5.74, 6) is 0.200. The van der Waals surface area contributed by atoms with E-state index in [0.717, 1.165) is 0 Å². The molecule has 2 aromatic heterocycles. The fourth-order valence-electron chi connectivity index (χ4n) is 1.40. The van der Waals surface area contributed by atoms with E-state index in [1.165, 1.54) is 11.6 Å². The Balaban J connectivity index is 2.18. The molecule has 2 rings (SSSR count). The van der Waals surface area contributed by atoms with Gasteiger partial charge in [-0.1, -0.05) is 0 Å². The van der Waals surface area contributed by atoms with Gasteiger partial charge >= 0.3 is 0 Å². The van der Waals surface area contributed by atoms with Crippen LogP contribution < -0.4 is 11.1 Å². The van der Waals surface area contributed by atoms with Gasteiger partial charge in [0.05, 0.1) is 12.8 Å². The molecule has 2 aromatic rings. The van der Waals surface area contributed by atoms with Crippen molar-refractivity contribution in [2.24, 2.45) is 5.73 Å². The zero-order valence-electron chi connectivity index (χ0n) is 9.33. The fraction of sp³-hybridized carbons (Fsp3) is 0.300. The minimum Gasteiger partial charge on any atom is -0.383 e. The summed E-state index contributed by atoms with van der Waals surface area (Å²) in [6.07, 6.45) is 3.20. The lowest BCUT2D eigenvalue weighted by Crippen LogP contribution is -2.39. The number of hydrogen-bond donors (Lipinski definition) is 2. The van der Waals surface area contributed by atoms with E-state index in [9.17, 15) is 4.79 Å². The largest absolute Gasteiger partial charge is 0.383 e. The van der Waals surface area contributed by atoms with E-state index in [1.54, 1.807) is 24.5 Å². The van der Waals surface area contributed by atoms with Gasteiger partial charge in [0.2, 0.25) is 5.91 Å². The van der Waals surface area contributed by atoms with E-state index in [0.29, 0.717) is 11.5 Å². The minimum atomic E-state index is -0.709. The molecule has 3 N–H and O–H groups in total. The predicted octanol–water partition coefficient (Wildman–Crippen LogP) is -0.359. The molecule has 1 amide bonds. The van der Waals surface area contributed by atoms with Crippen LogP contribution in [0.2, 0.25) is 0 Å². The number of amides is 1. The molecular weight excluding hydrogens is 222 g/mol. The molecule has 0 radical (unpaired) electrons. The predicted molar refractivity (Wildman–Crippen MR) is 61.5 cm³/mol. The number of nitrogens with one attached hydrogen (secondary N) is 1. The van der Waals surface area contributed by atoms with Gasteiger partial charge in [0.15, 0.2) is 5.65 Å². The molecule has 0 aliphatic carbocycles. The monoisotopic (exact) mass is 235 g/mol. The van der Waals surface area contributed by atoms with Gasteiger partial charge in [0, 0.05) is 19.4 Å². The molecule has 2 heterocycles. The van der Waals surface area contributed by atoms with E-state index < -0.39 is 6.04 Å². The summed E-state index contributed by atoms with van der Waals surface area (Å²) in [5, 5.41) is 6.72. The normalized spacial score (nSPS) is 12.6. The molecule has 0 saturated heterocycles.